The van der Waals surface area contributed by atoms with E-state index in [0.717, 1.165) is 30.7 Å². The summed E-state index contributed by atoms with van der Waals surface area (Å²) >= 11 is 0. The van der Waals surface area contributed by atoms with Crippen LogP contribution in [0.1, 0.15) is 31.0 Å². The lowest BCUT2D eigenvalue weighted by Crippen LogP contribution is -2.40. The first-order chi connectivity index (χ1) is 15.5. The quantitative estimate of drug-likeness (QED) is 0.524. The number of carbonyl (C=O) groups is 1. The largest absolute Gasteiger partial charge is 0.435 e. The van der Waals surface area contributed by atoms with Crippen LogP contribution in [-0.4, -0.2) is 33.8 Å². The van der Waals surface area contributed by atoms with E-state index in [0.29, 0.717) is 36.1 Å². The fourth-order valence-electron chi connectivity index (χ4n) is 3.52. The lowest BCUT2D eigenvalue weighted by atomic mass is 10.2. The van der Waals surface area contributed by atoms with Crippen LogP contribution in [0.3, 0.4) is 0 Å². The first kappa shape index (κ1) is 21.8. The SMILES string of the molecule is CCNC(=O)N(Cc1c(C)nn(-c2ccccc2)c1Oc1ccc(F)cc1F)CC1CC1. The second-order valence-electron chi connectivity index (χ2n) is 7.95. The molecule has 32 heavy (non-hydrogen) atoms. The molecular formula is C24H26F2N4O2. The van der Waals surface area contributed by atoms with Gasteiger partial charge >= 0.3 is 6.03 Å². The monoisotopic (exact) mass is 440 g/mol. The minimum atomic E-state index is -0.812. The summed E-state index contributed by atoms with van der Waals surface area (Å²) in [5, 5.41) is 7.47. The van der Waals surface area contributed by atoms with Crippen molar-refractivity contribution in [2.45, 2.75) is 33.2 Å². The summed E-state index contributed by atoms with van der Waals surface area (Å²) in [7, 11) is 0. The predicted octanol–water partition coefficient (Wildman–Crippen LogP) is 5.19. The Morgan fingerprint density at radius 2 is 1.97 bits per heavy atom. The number of aromatic nitrogens is 2. The van der Waals surface area contributed by atoms with E-state index in [2.05, 4.69) is 10.4 Å². The highest BCUT2D eigenvalue weighted by atomic mass is 19.1. The average Bonchev–Trinajstić information content (AvgIpc) is 3.54. The van der Waals surface area contributed by atoms with Gasteiger partial charge in [0.2, 0.25) is 5.88 Å². The number of halogens is 2. The fraction of sp³-hybridized carbons (Fsp3) is 0.333. The third-order valence-electron chi connectivity index (χ3n) is 5.38. The Kier molecular flexibility index (Phi) is 6.39. The number of amides is 2. The maximum Gasteiger partial charge on any atom is 0.317 e. The van der Waals surface area contributed by atoms with E-state index in [9.17, 15) is 13.6 Å². The van der Waals surface area contributed by atoms with E-state index in [1.165, 1.54) is 6.07 Å². The Morgan fingerprint density at radius 3 is 2.62 bits per heavy atom. The molecular weight excluding hydrogens is 414 g/mol. The lowest BCUT2D eigenvalue weighted by molar-refractivity contribution is 0.192. The number of hydrogen-bond acceptors (Lipinski definition) is 3. The molecule has 1 aromatic heterocycles. The third kappa shape index (κ3) is 4.90. The van der Waals surface area contributed by atoms with Crippen molar-refractivity contribution in [2.75, 3.05) is 13.1 Å². The molecule has 1 saturated carbocycles. The van der Waals surface area contributed by atoms with Crippen molar-refractivity contribution in [1.82, 2.24) is 20.0 Å². The van der Waals surface area contributed by atoms with Gasteiger partial charge in [0.15, 0.2) is 11.6 Å². The number of carbonyl (C=O) groups excluding carboxylic acids is 1. The highest BCUT2D eigenvalue weighted by molar-refractivity contribution is 5.74. The molecule has 0 bridgehead atoms. The van der Waals surface area contributed by atoms with Gasteiger partial charge in [-0.05, 0) is 56.9 Å². The van der Waals surface area contributed by atoms with E-state index >= 15 is 0 Å². The minimum Gasteiger partial charge on any atom is -0.435 e. The first-order valence-electron chi connectivity index (χ1n) is 10.8. The number of rotatable bonds is 8. The minimum absolute atomic E-state index is 0.114. The van der Waals surface area contributed by atoms with Gasteiger partial charge in [0.1, 0.15) is 5.82 Å². The normalized spacial score (nSPS) is 13.1. The second kappa shape index (κ2) is 9.38. The van der Waals surface area contributed by atoms with Crippen LogP contribution in [0, 0.1) is 24.5 Å². The standard InChI is InChI=1S/C24H26F2N4O2/c1-3-27-24(31)29(14-17-9-10-17)15-20-16(2)28-30(19-7-5-4-6-8-19)23(20)32-22-12-11-18(25)13-21(22)26/h4-8,11-13,17H,3,9-10,14-15H2,1-2H3,(H,27,31). The maximum absolute atomic E-state index is 14.4. The number of hydrogen-bond donors (Lipinski definition) is 1. The van der Waals surface area contributed by atoms with E-state index in [1.807, 2.05) is 44.2 Å². The zero-order valence-corrected chi connectivity index (χ0v) is 18.1. The molecule has 2 amide bonds. The van der Waals surface area contributed by atoms with Crippen molar-refractivity contribution in [2.24, 2.45) is 5.92 Å². The maximum atomic E-state index is 14.4. The summed E-state index contributed by atoms with van der Waals surface area (Å²) in [4.78, 5) is 14.4. The van der Waals surface area contributed by atoms with Gasteiger partial charge in [0, 0.05) is 19.2 Å². The van der Waals surface area contributed by atoms with E-state index in [1.54, 1.807) is 9.58 Å². The number of ether oxygens (including phenoxy) is 1. The molecule has 0 aliphatic heterocycles. The van der Waals surface area contributed by atoms with Gasteiger partial charge in [-0.2, -0.15) is 5.10 Å². The van der Waals surface area contributed by atoms with Crippen LogP contribution in [0.4, 0.5) is 13.6 Å². The number of para-hydroxylation sites is 1. The summed E-state index contributed by atoms with van der Waals surface area (Å²) in [6.07, 6.45) is 2.20. The topological polar surface area (TPSA) is 59.4 Å². The Hall–Kier alpha value is -3.42. The van der Waals surface area contributed by atoms with Gasteiger partial charge in [-0.3, -0.25) is 0 Å². The van der Waals surface area contributed by atoms with Crippen LogP contribution >= 0.6 is 0 Å². The number of urea groups is 1. The first-order valence-corrected chi connectivity index (χ1v) is 10.8. The van der Waals surface area contributed by atoms with Gasteiger partial charge in [0.25, 0.3) is 0 Å². The summed E-state index contributed by atoms with van der Waals surface area (Å²) in [5.41, 5.74) is 2.06. The number of benzene rings is 2. The number of nitrogens with zero attached hydrogens (tertiary/aromatic N) is 3. The van der Waals surface area contributed by atoms with Gasteiger partial charge in [-0.15, -0.1) is 0 Å². The predicted molar refractivity (Wildman–Crippen MR) is 117 cm³/mol. The van der Waals surface area contributed by atoms with Gasteiger partial charge in [-0.25, -0.2) is 18.3 Å². The van der Waals surface area contributed by atoms with E-state index < -0.39 is 11.6 Å². The van der Waals surface area contributed by atoms with E-state index in [4.69, 9.17) is 4.74 Å². The molecule has 1 aliphatic carbocycles. The molecule has 2 aromatic carbocycles. The van der Waals surface area contributed by atoms with Gasteiger partial charge in [0.05, 0.1) is 23.5 Å². The van der Waals surface area contributed by atoms with Crippen molar-refractivity contribution in [3.05, 3.63) is 71.4 Å². The highest BCUT2D eigenvalue weighted by Gasteiger charge is 2.29. The van der Waals surface area contributed by atoms with Gasteiger partial charge < -0.3 is 15.0 Å². The summed E-state index contributed by atoms with van der Waals surface area (Å²) in [6.45, 7) is 5.12. The van der Waals surface area contributed by atoms with Crippen LogP contribution in [0.2, 0.25) is 0 Å². The molecule has 1 aliphatic rings. The Labute approximate surface area is 185 Å². The molecule has 8 heteroatoms. The molecule has 0 unspecified atom stereocenters. The summed E-state index contributed by atoms with van der Waals surface area (Å²) in [6, 6.07) is 12.3. The van der Waals surface area contributed by atoms with Crippen molar-refractivity contribution < 1.29 is 18.3 Å². The molecule has 3 aromatic rings. The summed E-state index contributed by atoms with van der Waals surface area (Å²) < 4.78 is 35.4. The smallest absolute Gasteiger partial charge is 0.317 e. The second-order valence-corrected chi connectivity index (χ2v) is 7.95. The molecule has 1 N–H and O–H groups in total. The molecule has 168 valence electrons. The van der Waals surface area contributed by atoms with Crippen LogP contribution < -0.4 is 10.1 Å². The molecule has 0 radical (unpaired) electrons. The summed E-state index contributed by atoms with van der Waals surface area (Å²) in [5.74, 6) is -0.829. The molecule has 1 heterocycles. The molecule has 1 fully saturated rings. The molecule has 0 saturated heterocycles. The van der Waals surface area contributed by atoms with Gasteiger partial charge in [-0.1, -0.05) is 18.2 Å². The molecule has 6 nitrogen and oxygen atoms in total. The fourth-order valence-corrected chi connectivity index (χ4v) is 3.52. The number of nitrogens with one attached hydrogen (secondary N) is 1. The van der Waals surface area contributed by atoms with Crippen molar-refractivity contribution in [1.29, 1.82) is 0 Å². The van der Waals surface area contributed by atoms with Crippen LogP contribution in [0.15, 0.2) is 48.5 Å². The zero-order chi connectivity index (χ0) is 22.7. The van der Waals surface area contributed by atoms with Crippen LogP contribution in [-0.2, 0) is 6.54 Å². The Balaban J connectivity index is 1.75. The van der Waals surface area contributed by atoms with Crippen molar-refractivity contribution in [3.8, 4) is 17.3 Å². The number of aryl methyl sites for hydroxylation is 1. The third-order valence-corrected chi connectivity index (χ3v) is 5.38. The van der Waals surface area contributed by atoms with Crippen LogP contribution in [0.25, 0.3) is 5.69 Å². The highest BCUT2D eigenvalue weighted by Crippen LogP contribution is 2.35. The Bertz CT molecular complexity index is 1100. The molecule has 0 spiro atoms. The zero-order valence-electron chi connectivity index (χ0n) is 18.1. The lowest BCUT2D eigenvalue weighted by Gasteiger charge is -2.23. The average molecular weight is 440 g/mol. The van der Waals surface area contributed by atoms with Crippen molar-refractivity contribution >= 4 is 6.03 Å². The Morgan fingerprint density at radius 1 is 1.22 bits per heavy atom. The molecule has 4 rings (SSSR count). The van der Waals surface area contributed by atoms with E-state index in [-0.39, 0.29) is 18.3 Å². The van der Waals surface area contributed by atoms with Crippen LogP contribution in [0.5, 0.6) is 11.6 Å². The molecule has 0 atom stereocenters. The van der Waals surface area contributed by atoms with Crippen molar-refractivity contribution in [3.63, 3.8) is 0 Å².